The number of benzene rings is 2. The number of rotatable bonds is 8. The van der Waals surface area contributed by atoms with Crippen LogP contribution >= 0.6 is 0 Å². The number of nitrogens with one attached hydrogen (secondary N) is 2. The van der Waals surface area contributed by atoms with Gasteiger partial charge in [0, 0.05) is 28.6 Å². The maximum atomic E-state index is 12.4. The topological polar surface area (TPSA) is 143 Å². The Kier molecular flexibility index (Phi) is 9.08. The van der Waals surface area contributed by atoms with Gasteiger partial charge in [0.05, 0.1) is 18.5 Å². The van der Waals surface area contributed by atoms with Crippen molar-refractivity contribution in [3.8, 4) is 11.5 Å². The van der Waals surface area contributed by atoms with Crippen molar-refractivity contribution < 1.29 is 58.8 Å². The number of carbonyl (C=O) groups is 2. The van der Waals surface area contributed by atoms with Crippen molar-refractivity contribution in [3.05, 3.63) is 53.6 Å². The molecule has 2 aromatic carbocycles. The molecule has 1 amide bonds. The molecule has 0 bridgehead atoms. The Morgan fingerprint density at radius 2 is 2.03 bits per heavy atom. The Balaban J connectivity index is 0.00000256. The molecule has 4 N–H and O–H groups in total. The van der Waals surface area contributed by atoms with Gasteiger partial charge in [-0.3, -0.25) is 9.00 Å². The molecule has 3 rings (SSSR count). The number of hydrogen-bond donors (Lipinski definition) is 3. The molecule has 9 nitrogen and oxygen atoms in total. The predicted octanol–water partition coefficient (Wildman–Crippen LogP) is -0.124. The van der Waals surface area contributed by atoms with E-state index in [9.17, 15) is 18.4 Å². The number of allylic oxidation sites excluding steroid dienone is 1. The van der Waals surface area contributed by atoms with Gasteiger partial charge in [-0.25, -0.2) is 4.79 Å². The van der Waals surface area contributed by atoms with E-state index >= 15 is 0 Å². The summed E-state index contributed by atoms with van der Waals surface area (Å²) in [6.45, 7) is 0. The summed E-state index contributed by atoms with van der Waals surface area (Å²) in [5.74, 6) is -1.01. The SMILES string of the molecule is COc1cccc(Nc2c(NS(=O)[O-])ccc(OC(=O)C3=CCCC3)c2C(N)=O)c1.[H-].[Na+]. The number of esters is 1. The molecule has 160 valence electrons. The summed E-state index contributed by atoms with van der Waals surface area (Å²) in [5, 5.41) is 2.96. The number of hydrogen-bond acceptors (Lipinski definition) is 7. The van der Waals surface area contributed by atoms with E-state index in [0.29, 0.717) is 23.4 Å². The largest absolute Gasteiger partial charge is 1.00 e. The molecule has 0 aliphatic heterocycles. The Bertz CT molecular complexity index is 1050. The van der Waals surface area contributed by atoms with Crippen LogP contribution in [0.5, 0.6) is 11.5 Å². The molecule has 0 saturated heterocycles. The smallest absolute Gasteiger partial charge is 1.00 e. The quantitative estimate of drug-likeness (QED) is 0.218. The zero-order valence-corrected chi connectivity index (χ0v) is 19.9. The van der Waals surface area contributed by atoms with Crippen molar-refractivity contribution >= 4 is 40.2 Å². The maximum Gasteiger partial charge on any atom is 1.00 e. The maximum absolute atomic E-state index is 12.4. The first-order valence-corrected chi connectivity index (χ1v) is 10.1. The van der Waals surface area contributed by atoms with Gasteiger partial charge in [0.1, 0.15) is 17.1 Å². The number of methoxy groups -OCH3 is 1. The molecule has 0 radical (unpaired) electrons. The van der Waals surface area contributed by atoms with E-state index in [2.05, 4.69) is 10.0 Å². The fraction of sp³-hybridized carbons (Fsp3) is 0.200. The average molecular weight is 454 g/mol. The molecule has 11 heteroatoms. The van der Waals surface area contributed by atoms with Gasteiger partial charge < -0.3 is 31.2 Å². The van der Waals surface area contributed by atoms with Crippen molar-refractivity contribution in [3.63, 3.8) is 0 Å². The monoisotopic (exact) mass is 454 g/mol. The fourth-order valence-corrected chi connectivity index (χ4v) is 3.43. The Morgan fingerprint density at radius 1 is 1.26 bits per heavy atom. The normalized spacial score (nSPS) is 13.4. The van der Waals surface area contributed by atoms with Gasteiger partial charge in [-0.1, -0.05) is 12.1 Å². The van der Waals surface area contributed by atoms with E-state index in [1.54, 1.807) is 30.3 Å². The third kappa shape index (κ3) is 6.31. The van der Waals surface area contributed by atoms with Crippen molar-refractivity contribution in [1.82, 2.24) is 0 Å². The molecule has 1 aliphatic carbocycles. The van der Waals surface area contributed by atoms with Crippen molar-refractivity contribution in [1.29, 1.82) is 0 Å². The first kappa shape index (κ1) is 24.9. The molecule has 0 saturated carbocycles. The minimum absolute atomic E-state index is 0. The van der Waals surface area contributed by atoms with E-state index in [1.807, 2.05) is 0 Å². The molecule has 0 fully saturated rings. The van der Waals surface area contributed by atoms with Crippen molar-refractivity contribution in [2.45, 2.75) is 19.3 Å². The summed E-state index contributed by atoms with van der Waals surface area (Å²) in [7, 11) is 1.50. The van der Waals surface area contributed by atoms with Crippen LogP contribution in [0.3, 0.4) is 0 Å². The second-order valence-corrected chi connectivity index (χ2v) is 7.10. The average Bonchev–Trinajstić information content (AvgIpc) is 3.24. The van der Waals surface area contributed by atoms with Gasteiger partial charge >= 0.3 is 35.5 Å². The van der Waals surface area contributed by atoms with Gasteiger partial charge in [0.25, 0.3) is 5.91 Å². The van der Waals surface area contributed by atoms with Crippen LogP contribution in [0.4, 0.5) is 17.1 Å². The van der Waals surface area contributed by atoms with Gasteiger partial charge in [0.15, 0.2) is 0 Å². The molecule has 1 unspecified atom stereocenters. The van der Waals surface area contributed by atoms with Crippen LogP contribution < -0.4 is 54.8 Å². The number of primary amides is 1. The zero-order valence-electron chi connectivity index (χ0n) is 18.1. The van der Waals surface area contributed by atoms with Crippen LogP contribution in [0.25, 0.3) is 0 Å². The summed E-state index contributed by atoms with van der Waals surface area (Å²) in [6.07, 6.45) is 4.02. The third-order valence-electron chi connectivity index (χ3n) is 4.45. The fourth-order valence-electron chi connectivity index (χ4n) is 3.08. The van der Waals surface area contributed by atoms with Crippen LogP contribution in [0.2, 0.25) is 0 Å². The van der Waals surface area contributed by atoms with Crippen LogP contribution in [-0.4, -0.2) is 27.7 Å². The number of nitrogens with two attached hydrogens (primary N) is 1. The van der Waals surface area contributed by atoms with Crippen molar-refractivity contribution in [2.24, 2.45) is 5.73 Å². The van der Waals surface area contributed by atoms with Crippen molar-refractivity contribution in [2.75, 3.05) is 17.1 Å². The zero-order chi connectivity index (χ0) is 21.7. The number of amides is 1. The second kappa shape index (κ2) is 11.3. The predicted molar refractivity (Wildman–Crippen MR) is 112 cm³/mol. The molecular weight excluding hydrogens is 433 g/mol. The van der Waals surface area contributed by atoms with E-state index in [1.165, 1.54) is 19.2 Å². The summed E-state index contributed by atoms with van der Waals surface area (Å²) < 4.78 is 35.3. The molecule has 0 aromatic heterocycles. The van der Waals surface area contributed by atoms with E-state index in [-0.39, 0.29) is 53.7 Å². The minimum atomic E-state index is -2.67. The molecule has 0 heterocycles. The first-order chi connectivity index (χ1) is 14.4. The molecule has 0 spiro atoms. The molecule has 2 aromatic rings. The van der Waals surface area contributed by atoms with E-state index < -0.39 is 23.1 Å². The van der Waals surface area contributed by atoms with Crippen LogP contribution in [0.1, 0.15) is 31.0 Å². The van der Waals surface area contributed by atoms with Gasteiger partial charge in [-0.05, 0) is 43.5 Å². The molecular formula is C20H21N3NaO6S-. The van der Waals surface area contributed by atoms with Crippen LogP contribution in [0, 0.1) is 0 Å². The molecule has 1 atom stereocenters. The number of ether oxygens (including phenoxy) is 2. The molecule has 31 heavy (non-hydrogen) atoms. The van der Waals surface area contributed by atoms with Crippen LogP contribution in [0.15, 0.2) is 48.0 Å². The standard InChI is InChI=1S/C20H21N3O6S.Na.H/c1-28-14-8-4-7-13(11-14)22-18-15(23-30(26)27)9-10-16(17(18)19(21)24)29-20(25)12-5-2-3-6-12;;/h4-5,7-11,22-23H,2-3,6H2,1H3,(H2,21,24)(H,26,27);;/q;+1;-1/p-1. The number of carbonyl (C=O) groups excluding carboxylic acids is 2. The van der Waals surface area contributed by atoms with Gasteiger partial charge in [-0.15, -0.1) is 0 Å². The first-order valence-electron chi connectivity index (χ1n) is 9.04. The van der Waals surface area contributed by atoms with E-state index in [0.717, 1.165) is 12.8 Å². The Labute approximate surface area is 205 Å². The molecule has 1 aliphatic rings. The summed E-state index contributed by atoms with van der Waals surface area (Å²) >= 11 is -2.67. The summed E-state index contributed by atoms with van der Waals surface area (Å²) in [5.41, 5.74) is 6.52. The number of anilines is 3. The van der Waals surface area contributed by atoms with Gasteiger partial charge in [0.2, 0.25) is 0 Å². The second-order valence-electron chi connectivity index (χ2n) is 6.43. The summed E-state index contributed by atoms with van der Waals surface area (Å²) in [6, 6.07) is 9.45. The third-order valence-corrected chi connectivity index (χ3v) is 4.84. The Hall–Kier alpha value is -2.37. The minimum Gasteiger partial charge on any atom is -1.00 e. The Morgan fingerprint density at radius 3 is 2.65 bits per heavy atom. The summed E-state index contributed by atoms with van der Waals surface area (Å²) in [4.78, 5) is 24.7. The van der Waals surface area contributed by atoms with E-state index in [4.69, 9.17) is 15.2 Å². The van der Waals surface area contributed by atoms with Crippen LogP contribution in [-0.2, 0) is 16.1 Å². The van der Waals surface area contributed by atoms with Gasteiger partial charge in [-0.2, -0.15) is 0 Å².